The number of rotatable bonds is 5. The van der Waals surface area contributed by atoms with E-state index >= 15 is 0 Å². The molecule has 0 bridgehead atoms. The zero-order chi connectivity index (χ0) is 18.5. The van der Waals surface area contributed by atoms with Crippen LogP contribution in [0.5, 0.6) is 5.75 Å². The number of amides is 2. The molecule has 0 aromatic heterocycles. The summed E-state index contributed by atoms with van der Waals surface area (Å²) in [6.07, 6.45) is 0.700. The van der Waals surface area contributed by atoms with Gasteiger partial charge in [0.05, 0.1) is 24.9 Å². The number of ether oxygens (including phenoxy) is 1. The minimum Gasteiger partial charge on any atom is -0.493 e. The molecule has 3 rings (SSSR count). The van der Waals surface area contributed by atoms with Crippen molar-refractivity contribution in [2.75, 3.05) is 23.8 Å². The minimum atomic E-state index is -0.533. The van der Waals surface area contributed by atoms with Crippen LogP contribution in [0.15, 0.2) is 42.5 Å². The van der Waals surface area contributed by atoms with E-state index in [-0.39, 0.29) is 30.1 Å². The van der Waals surface area contributed by atoms with Gasteiger partial charge in [0.1, 0.15) is 11.6 Å². The van der Waals surface area contributed by atoms with Crippen molar-refractivity contribution in [3.8, 4) is 5.75 Å². The molecular weight excluding hydrogens is 337 g/mol. The first-order valence-electron chi connectivity index (χ1n) is 8.35. The number of carbonyl (C=O) groups is 2. The van der Waals surface area contributed by atoms with Crippen LogP contribution in [0.1, 0.15) is 24.9 Å². The fraction of sp³-hybridized carbons (Fsp3) is 0.263. The molecule has 0 saturated heterocycles. The summed E-state index contributed by atoms with van der Waals surface area (Å²) in [7, 11) is 0. The molecule has 2 amide bonds. The molecule has 2 aromatic rings. The summed E-state index contributed by atoms with van der Waals surface area (Å²) in [6.45, 7) is 1.89. The van der Waals surface area contributed by atoms with Crippen molar-refractivity contribution in [2.24, 2.45) is 0 Å². The standard InChI is InChI=1S/C19H20FN3O3/c1-12(24)22-17-10-13(6-7-15(17)20)21-11-19(25)23-16-8-9-26-18-5-3-2-4-14(16)18/h2-7,10,16,21H,8-9,11H2,1H3,(H,22,24)(H,23,25)/t16-/m0/s1. The van der Waals surface area contributed by atoms with E-state index in [1.54, 1.807) is 0 Å². The number of carbonyl (C=O) groups excluding carboxylic acids is 2. The molecule has 0 aliphatic carbocycles. The minimum absolute atomic E-state index is 0.0324. The van der Waals surface area contributed by atoms with E-state index < -0.39 is 5.82 Å². The maximum Gasteiger partial charge on any atom is 0.239 e. The lowest BCUT2D eigenvalue weighted by molar-refractivity contribution is -0.120. The highest BCUT2D eigenvalue weighted by atomic mass is 19.1. The van der Waals surface area contributed by atoms with Crippen LogP contribution in [0, 0.1) is 5.82 Å². The molecule has 1 aliphatic rings. The van der Waals surface area contributed by atoms with Crippen LogP contribution >= 0.6 is 0 Å². The van der Waals surface area contributed by atoms with Crippen LogP contribution in [0.4, 0.5) is 15.8 Å². The molecule has 0 unspecified atom stereocenters. The van der Waals surface area contributed by atoms with E-state index in [4.69, 9.17) is 4.74 Å². The van der Waals surface area contributed by atoms with E-state index in [1.165, 1.54) is 25.1 Å². The van der Waals surface area contributed by atoms with Crippen molar-refractivity contribution in [3.63, 3.8) is 0 Å². The Balaban J connectivity index is 1.59. The summed E-state index contributed by atoms with van der Waals surface area (Å²) >= 11 is 0. The smallest absolute Gasteiger partial charge is 0.239 e. The van der Waals surface area contributed by atoms with Gasteiger partial charge in [0, 0.05) is 24.6 Å². The monoisotopic (exact) mass is 357 g/mol. The SMILES string of the molecule is CC(=O)Nc1cc(NCC(=O)N[C@H]2CCOc3ccccc32)ccc1F. The second-order valence-electron chi connectivity index (χ2n) is 6.02. The molecule has 26 heavy (non-hydrogen) atoms. The predicted octanol–water partition coefficient (Wildman–Crippen LogP) is 2.84. The molecule has 1 atom stereocenters. The molecular formula is C19H20FN3O3. The highest BCUT2D eigenvalue weighted by molar-refractivity contribution is 5.89. The van der Waals surface area contributed by atoms with E-state index in [9.17, 15) is 14.0 Å². The number of benzene rings is 2. The highest BCUT2D eigenvalue weighted by Crippen LogP contribution is 2.31. The van der Waals surface area contributed by atoms with Gasteiger partial charge in [0.15, 0.2) is 0 Å². The quantitative estimate of drug-likeness (QED) is 0.769. The van der Waals surface area contributed by atoms with Gasteiger partial charge in [-0.25, -0.2) is 4.39 Å². The second kappa shape index (κ2) is 7.86. The van der Waals surface area contributed by atoms with Crippen molar-refractivity contribution in [1.29, 1.82) is 0 Å². The summed E-state index contributed by atoms with van der Waals surface area (Å²) in [4.78, 5) is 23.4. The van der Waals surface area contributed by atoms with Crippen molar-refractivity contribution >= 4 is 23.2 Å². The van der Waals surface area contributed by atoms with Crippen molar-refractivity contribution in [3.05, 3.63) is 53.8 Å². The molecule has 3 N–H and O–H groups in total. The van der Waals surface area contributed by atoms with Crippen LogP contribution < -0.4 is 20.7 Å². The lowest BCUT2D eigenvalue weighted by Gasteiger charge is -2.26. The Kier molecular flexibility index (Phi) is 5.36. The first kappa shape index (κ1) is 17.7. The van der Waals surface area contributed by atoms with Gasteiger partial charge >= 0.3 is 0 Å². The van der Waals surface area contributed by atoms with Crippen molar-refractivity contribution < 1.29 is 18.7 Å². The third kappa shape index (κ3) is 4.30. The number of anilines is 2. The molecule has 0 saturated carbocycles. The molecule has 0 fully saturated rings. The first-order valence-corrected chi connectivity index (χ1v) is 8.35. The summed E-state index contributed by atoms with van der Waals surface area (Å²) in [5.41, 5.74) is 1.57. The fourth-order valence-corrected chi connectivity index (χ4v) is 2.84. The van der Waals surface area contributed by atoms with Gasteiger partial charge in [0.2, 0.25) is 11.8 Å². The van der Waals surface area contributed by atoms with E-state index in [2.05, 4.69) is 16.0 Å². The normalized spacial score (nSPS) is 15.4. The molecule has 1 aliphatic heterocycles. The second-order valence-corrected chi connectivity index (χ2v) is 6.02. The molecule has 6 nitrogen and oxygen atoms in total. The van der Waals surface area contributed by atoms with Gasteiger partial charge in [0.25, 0.3) is 0 Å². The summed E-state index contributed by atoms with van der Waals surface area (Å²) in [6, 6.07) is 11.7. The molecule has 7 heteroatoms. The lowest BCUT2D eigenvalue weighted by Crippen LogP contribution is -2.35. The topological polar surface area (TPSA) is 79.5 Å². The van der Waals surface area contributed by atoms with Crippen molar-refractivity contribution in [1.82, 2.24) is 5.32 Å². The van der Waals surface area contributed by atoms with Gasteiger partial charge in [-0.3, -0.25) is 9.59 Å². The zero-order valence-electron chi connectivity index (χ0n) is 14.3. The average molecular weight is 357 g/mol. The largest absolute Gasteiger partial charge is 0.493 e. The molecule has 1 heterocycles. The Bertz CT molecular complexity index is 825. The third-order valence-electron chi connectivity index (χ3n) is 4.02. The number of halogens is 1. The Labute approximate surface area is 150 Å². The maximum atomic E-state index is 13.6. The number of hydrogen-bond acceptors (Lipinski definition) is 4. The molecule has 0 spiro atoms. The number of nitrogens with one attached hydrogen (secondary N) is 3. The van der Waals surface area contributed by atoms with E-state index in [0.29, 0.717) is 18.7 Å². The number of para-hydroxylation sites is 1. The third-order valence-corrected chi connectivity index (χ3v) is 4.02. The molecule has 136 valence electrons. The zero-order valence-corrected chi connectivity index (χ0v) is 14.3. The van der Waals surface area contributed by atoms with Gasteiger partial charge in [-0.1, -0.05) is 18.2 Å². The van der Waals surface area contributed by atoms with Gasteiger partial charge in [-0.2, -0.15) is 0 Å². The van der Waals surface area contributed by atoms with Crippen LogP contribution in [-0.4, -0.2) is 25.0 Å². The molecule has 0 radical (unpaired) electrons. The van der Waals surface area contributed by atoms with Gasteiger partial charge in [-0.15, -0.1) is 0 Å². The van der Waals surface area contributed by atoms with Gasteiger partial charge < -0.3 is 20.7 Å². The number of hydrogen-bond donors (Lipinski definition) is 3. The lowest BCUT2D eigenvalue weighted by atomic mass is 10.0. The van der Waals surface area contributed by atoms with E-state index in [0.717, 1.165) is 11.3 Å². The van der Waals surface area contributed by atoms with E-state index in [1.807, 2.05) is 24.3 Å². The Morgan fingerprint density at radius 2 is 2.04 bits per heavy atom. The number of fused-ring (bicyclic) bond motifs is 1. The maximum absolute atomic E-state index is 13.6. The van der Waals surface area contributed by atoms with Crippen LogP contribution in [0.3, 0.4) is 0 Å². The Hall–Kier alpha value is -3.09. The summed E-state index contributed by atoms with van der Waals surface area (Å²) in [5.74, 6) is -0.293. The summed E-state index contributed by atoms with van der Waals surface area (Å²) in [5, 5.41) is 8.33. The van der Waals surface area contributed by atoms with Crippen LogP contribution in [-0.2, 0) is 9.59 Å². The van der Waals surface area contributed by atoms with Gasteiger partial charge in [-0.05, 0) is 24.3 Å². The fourth-order valence-electron chi connectivity index (χ4n) is 2.84. The average Bonchev–Trinajstić information content (AvgIpc) is 2.62. The first-order chi connectivity index (χ1) is 12.5. The van der Waals surface area contributed by atoms with Crippen LogP contribution in [0.2, 0.25) is 0 Å². The predicted molar refractivity (Wildman–Crippen MR) is 96.6 cm³/mol. The van der Waals surface area contributed by atoms with Crippen molar-refractivity contribution in [2.45, 2.75) is 19.4 Å². The summed E-state index contributed by atoms with van der Waals surface area (Å²) < 4.78 is 19.2. The van der Waals surface area contributed by atoms with Crippen LogP contribution in [0.25, 0.3) is 0 Å². The highest BCUT2D eigenvalue weighted by Gasteiger charge is 2.22. The Morgan fingerprint density at radius 1 is 1.23 bits per heavy atom. The Morgan fingerprint density at radius 3 is 2.85 bits per heavy atom. The molecule has 2 aromatic carbocycles.